The number of aromatic hydroxyl groups is 1. The Morgan fingerprint density at radius 3 is 2.70 bits per heavy atom. The number of nitrogens with two attached hydrogens (primary N) is 1. The highest BCUT2D eigenvalue weighted by atomic mass is 19.1. The summed E-state index contributed by atoms with van der Waals surface area (Å²) < 4.78 is 13.9. The van der Waals surface area contributed by atoms with E-state index in [2.05, 4.69) is 4.90 Å². The van der Waals surface area contributed by atoms with Crippen LogP contribution in [0.15, 0.2) is 12.1 Å². The Bertz CT molecular complexity index is 478. The maximum absolute atomic E-state index is 13.9. The lowest BCUT2D eigenvalue weighted by Crippen LogP contribution is -2.21. The lowest BCUT2D eigenvalue weighted by atomic mass is 9.97. The van der Waals surface area contributed by atoms with Crippen molar-refractivity contribution >= 4 is 0 Å². The lowest BCUT2D eigenvalue weighted by Gasteiger charge is -2.22. The fourth-order valence-electron chi connectivity index (χ4n) is 3.03. The van der Waals surface area contributed by atoms with E-state index in [0.717, 1.165) is 18.5 Å². The minimum Gasteiger partial charge on any atom is -0.505 e. The van der Waals surface area contributed by atoms with Gasteiger partial charge in [0.05, 0.1) is 0 Å². The number of hydrogen-bond acceptors (Lipinski definition) is 4. The highest BCUT2D eigenvalue weighted by Gasteiger charge is 2.32. The molecule has 20 heavy (non-hydrogen) atoms. The van der Waals surface area contributed by atoms with Crippen LogP contribution < -0.4 is 5.73 Å². The summed E-state index contributed by atoms with van der Waals surface area (Å²) in [6.07, 6.45) is 0.866. The molecule has 1 heterocycles. The molecule has 112 valence electrons. The van der Waals surface area contributed by atoms with Crippen LogP contribution in [-0.4, -0.2) is 49.1 Å². The Kier molecular flexibility index (Phi) is 4.62. The van der Waals surface area contributed by atoms with Gasteiger partial charge in [0.2, 0.25) is 0 Å². The zero-order valence-corrected chi connectivity index (χ0v) is 12.4. The maximum Gasteiger partial charge on any atom is 0.165 e. The van der Waals surface area contributed by atoms with Crippen molar-refractivity contribution < 1.29 is 9.50 Å². The minimum absolute atomic E-state index is 0.0418. The Morgan fingerprint density at radius 2 is 2.15 bits per heavy atom. The summed E-state index contributed by atoms with van der Waals surface area (Å²) in [6, 6.07) is 3.37. The lowest BCUT2D eigenvalue weighted by molar-refractivity contribution is 0.301. The summed E-state index contributed by atoms with van der Waals surface area (Å²) in [5, 5.41) is 10.0. The summed E-state index contributed by atoms with van der Waals surface area (Å²) in [5.74, 6) is -0.351. The normalized spacial score (nSPS) is 23.7. The molecular weight excluding hydrogens is 257 g/mol. The molecule has 0 aliphatic carbocycles. The summed E-state index contributed by atoms with van der Waals surface area (Å²) in [7, 11) is 5.88. The van der Waals surface area contributed by atoms with E-state index in [9.17, 15) is 9.50 Å². The molecule has 0 radical (unpaired) electrons. The van der Waals surface area contributed by atoms with Crippen molar-refractivity contribution in [2.75, 3.05) is 34.2 Å². The van der Waals surface area contributed by atoms with Gasteiger partial charge >= 0.3 is 0 Å². The van der Waals surface area contributed by atoms with Gasteiger partial charge < -0.3 is 15.7 Å². The molecule has 5 heteroatoms. The van der Waals surface area contributed by atoms with Crippen LogP contribution in [0.2, 0.25) is 0 Å². The van der Waals surface area contributed by atoms with Gasteiger partial charge in [-0.2, -0.15) is 0 Å². The summed E-state index contributed by atoms with van der Waals surface area (Å²) >= 11 is 0. The molecule has 0 aromatic heterocycles. The average molecular weight is 281 g/mol. The molecule has 1 aromatic carbocycles. The Labute approximate surface area is 120 Å². The van der Waals surface area contributed by atoms with E-state index in [1.807, 2.05) is 32.1 Å². The molecule has 1 aliphatic rings. The van der Waals surface area contributed by atoms with Crippen molar-refractivity contribution in [2.24, 2.45) is 11.7 Å². The van der Waals surface area contributed by atoms with Crippen molar-refractivity contribution in [1.29, 1.82) is 0 Å². The van der Waals surface area contributed by atoms with Gasteiger partial charge in [-0.1, -0.05) is 0 Å². The minimum atomic E-state index is -0.538. The van der Waals surface area contributed by atoms with Gasteiger partial charge in [-0.15, -0.1) is 0 Å². The first kappa shape index (κ1) is 15.2. The van der Waals surface area contributed by atoms with Crippen molar-refractivity contribution in [1.82, 2.24) is 9.80 Å². The Hall–Kier alpha value is -1.17. The molecule has 2 rings (SSSR count). The second kappa shape index (κ2) is 6.08. The van der Waals surface area contributed by atoms with E-state index in [0.29, 0.717) is 24.6 Å². The largest absolute Gasteiger partial charge is 0.505 e. The summed E-state index contributed by atoms with van der Waals surface area (Å²) in [5.41, 5.74) is 7.29. The van der Waals surface area contributed by atoms with Crippen molar-refractivity contribution in [3.63, 3.8) is 0 Å². The third-order valence-electron chi connectivity index (χ3n) is 3.98. The molecule has 2 unspecified atom stereocenters. The molecule has 2 atom stereocenters. The van der Waals surface area contributed by atoms with E-state index >= 15 is 0 Å². The highest BCUT2D eigenvalue weighted by Crippen LogP contribution is 2.39. The second-order valence-corrected chi connectivity index (χ2v) is 6.05. The first-order valence-electron chi connectivity index (χ1n) is 6.98. The van der Waals surface area contributed by atoms with E-state index in [1.54, 1.807) is 0 Å². The summed E-state index contributed by atoms with van der Waals surface area (Å²) in [4.78, 5) is 4.13. The molecule has 1 fully saturated rings. The number of phenols is 1. The molecule has 0 bridgehead atoms. The van der Waals surface area contributed by atoms with Crippen LogP contribution in [0.4, 0.5) is 4.39 Å². The first-order chi connectivity index (χ1) is 9.42. The van der Waals surface area contributed by atoms with Crippen molar-refractivity contribution in [2.45, 2.75) is 19.0 Å². The highest BCUT2D eigenvalue weighted by molar-refractivity contribution is 5.40. The average Bonchev–Trinajstić information content (AvgIpc) is 2.74. The fraction of sp³-hybridized carbons (Fsp3) is 0.600. The standard InChI is InChI=1S/C15H24FN3O/c1-18(2)8-10-4-12(15(20)13(16)5-10)14-6-11(7-17)9-19(14)3/h4-5,11,14,20H,6-9,17H2,1-3H3. The van der Waals surface area contributed by atoms with E-state index in [1.165, 1.54) is 6.07 Å². The molecular formula is C15H24FN3O. The molecule has 1 aromatic rings. The number of benzene rings is 1. The number of phenolic OH excluding ortho intramolecular Hbond substituents is 1. The third kappa shape index (κ3) is 3.11. The van der Waals surface area contributed by atoms with Crippen LogP contribution >= 0.6 is 0 Å². The number of nitrogens with zero attached hydrogens (tertiary/aromatic N) is 2. The monoisotopic (exact) mass is 281 g/mol. The molecule has 1 aliphatic heterocycles. The molecule has 1 saturated heterocycles. The SMILES string of the molecule is CN(C)Cc1cc(F)c(O)c(C2CC(CN)CN2C)c1. The van der Waals surface area contributed by atoms with Gasteiger partial charge in [0.1, 0.15) is 0 Å². The van der Waals surface area contributed by atoms with Crippen LogP contribution in [0.1, 0.15) is 23.6 Å². The van der Waals surface area contributed by atoms with Crippen LogP contribution in [0.5, 0.6) is 5.75 Å². The first-order valence-corrected chi connectivity index (χ1v) is 6.98. The van der Waals surface area contributed by atoms with Gasteiger partial charge in [0.25, 0.3) is 0 Å². The van der Waals surface area contributed by atoms with Gasteiger partial charge in [-0.05, 0) is 57.7 Å². The van der Waals surface area contributed by atoms with E-state index < -0.39 is 5.82 Å². The number of hydrogen-bond donors (Lipinski definition) is 2. The van der Waals surface area contributed by atoms with Gasteiger partial charge in [-0.25, -0.2) is 4.39 Å². The summed E-state index contributed by atoms with van der Waals surface area (Å²) in [6.45, 7) is 2.17. The van der Waals surface area contributed by atoms with Gasteiger partial charge in [-0.3, -0.25) is 4.90 Å². The molecule has 0 amide bonds. The van der Waals surface area contributed by atoms with Crippen LogP contribution in [-0.2, 0) is 6.54 Å². The van der Waals surface area contributed by atoms with Crippen molar-refractivity contribution in [3.8, 4) is 5.75 Å². The zero-order valence-electron chi connectivity index (χ0n) is 12.4. The number of likely N-dealkylation sites (tertiary alicyclic amines) is 1. The second-order valence-electron chi connectivity index (χ2n) is 6.05. The molecule has 0 spiro atoms. The van der Waals surface area contributed by atoms with Crippen LogP contribution in [0.25, 0.3) is 0 Å². The molecule has 4 nitrogen and oxygen atoms in total. The number of rotatable bonds is 4. The zero-order chi connectivity index (χ0) is 14.9. The van der Waals surface area contributed by atoms with Gasteiger partial charge in [0.15, 0.2) is 11.6 Å². The predicted octanol–water partition coefficient (Wildman–Crippen LogP) is 1.54. The fourth-order valence-corrected chi connectivity index (χ4v) is 3.03. The quantitative estimate of drug-likeness (QED) is 0.879. The maximum atomic E-state index is 13.9. The Morgan fingerprint density at radius 1 is 1.45 bits per heavy atom. The smallest absolute Gasteiger partial charge is 0.165 e. The third-order valence-corrected chi connectivity index (χ3v) is 3.98. The molecule has 0 saturated carbocycles. The number of halogens is 1. The predicted molar refractivity (Wildman–Crippen MR) is 78.0 cm³/mol. The Balaban J connectivity index is 2.33. The topological polar surface area (TPSA) is 52.7 Å². The van der Waals surface area contributed by atoms with Crippen LogP contribution in [0, 0.1) is 11.7 Å². The molecule has 3 N–H and O–H groups in total. The van der Waals surface area contributed by atoms with Crippen LogP contribution in [0.3, 0.4) is 0 Å². The van der Waals surface area contributed by atoms with Crippen molar-refractivity contribution in [3.05, 3.63) is 29.1 Å². The van der Waals surface area contributed by atoms with E-state index in [-0.39, 0.29) is 11.8 Å². The van der Waals surface area contributed by atoms with Gasteiger partial charge in [0, 0.05) is 24.7 Å². The van der Waals surface area contributed by atoms with E-state index in [4.69, 9.17) is 5.73 Å².